The van der Waals surface area contributed by atoms with Crippen molar-refractivity contribution in [3.8, 4) is 0 Å². The van der Waals surface area contributed by atoms with Crippen LogP contribution >= 0.6 is 0 Å². The zero-order valence-electron chi connectivity index (χ0n) is 10.5. The Labute approximate surface area is 106 Å². The van der Waals surface area contributed by atoms with Gasteiger partial charge in [0.25, 0.3) is 0 Å². The van der Waals surface area contributed by atoms with Crippen molar-refractivity contribution in [1.82, 2.24) is 0 Å². The van der Waals surface area contributed by atoms with E-state index in [0.29, 0.717) is 6.42 Å². The van der Waals surface area contributed by atoms with Crippen LogP contribution in [-0.2, 0) is 4.79 Å². The predicted octanol–water partition coefficient (Wildman–Crippen LogP) is 4.27. The van der Waals surface area contributed by atoms with Gasteiger partial charge in [-0.15, -0.1) is 0 Å². The number of carbonyl (C=O) groups is 1. The maximum atomic E-state index is 11.6. The normalized spacial score (nSPS) is 16.7. The minimum Gasteiger partial charge on any atom is -0.456 e. The summed E-state index contributed by atoms with van der Waals surface area (Å²) in [6, 6.07) is 8.20. The number of rotatable bonds is 1. The molecule has 2 heteroatoms. The van der Waals surface area contributed by atoms with Crippen molar-refractivity contribution >= 4 is 22.3 Å². The largest absolute Gasteiger partial charge is 0.456 e. The lowest BCUT2D eigenvalue weighted by Crippen LogP contribution is -1.89. The topological polar surface area (TPSA) is 30.2 Å². The van der Waals surface area contributed by atoms with Gasteiger partial charge in [0.15, 0.2) is 5.78 Å². The highest BCUT2D eigenvalue weighted by atomic mass is 16.3. The molecule has 0 saturated carbocycles. The highest BCUT2D eigenvalue weighted by Gasteiger charge is 2.13. The molecule has 0 atom stereocenters. The lowest BCUT2D eigenvalue weighted by molar-refractivity contribution is -0.114. The van der Waals surface area contributed by atoms with E-state index < -0.39 is 0 Å². The molecule has 0 fully saturated rings. The Balaban J connectivity index is 2.05. The van der Waals surface area contributed by atoms with Gasteiger partial charge in [-0.2, -0.15) is 0 Å². The summed E-state index contributed by atoms with van der Waals surface area (Å²) in [6.45, 7) is 2.07. The van der Waals surface area contributed by atoms with Gasteiger partial charge in [0, 0.05) is 11.8 Å². The number of hydrogen-bond donors (Lipinski definition) is 0. The second-order valence-corrected chi connectivity index (χ2v) is 4.99. The Morgan fingerprint density at radius 2 is 1.94 bits per heavy atom. The first-order valence-electron chi connectivity index (χ1n) is 6.46. The molecule has 92 valence electrons. The number of aryl methyl sites for hydroxylation is 1. The quantitative estimate of drug-likeness (QED) is 0.745. The Morgan fingerprint density at radius 1 is 1.11 bits per heavy atom. The standard InChI is InChI=1S/C16H16O2/c1-11-6-7-15-13(8-11)10-16(18-15)12-4-2-3-5-14(17)9-12/h6-10H,2-5H2,1H3. The fourth-order valence-electron chi connectivity index (χ4n) is 2.47. The van der Waals surface area contributed by atoms with Crippen LogP contribution in [0.2, 0.25) is 0 Å². The van der Waals surface area contributed by atoms with Gasteiger partial charge in [-0.05, 0) is 56.0 Å². The van der Waals surface area contributed by atoms with Crippen LogP contribution in [0.25, 0.3) is 16.5 Å². The predicted molar refractivity (Wildman–Crippen MR) is 72.4 cm³/mol. The Bertz CT molecular complexity index is 632. The molecule has 0 saturated heterocycles. The molecule has 1 aliphatic carbocycles. The molecule has 2 aromatic rings. The van der Waals surface area contributed by atoms with Gasteiger partial charge in [0.1, 0.15) is 11.3 Å². The van der Waals surface area contributed by atoms with Crippen LogP contribution in [0.1, 0.15) is 37.0 Å². The van der Waals surface area contributed by atoms with Crippen molar-refractivity contribution in [2.24, 2.45) is 0 Å². The summed E-state index contributed by atoms with van der Waals surface area (Å²) >= 11 is 0. The number of allylic oxidation sites excluding steroid dienone is 2. The second kappa shape index (κ2) is 4.45. The molecule has 1 aliphatic rings. The van der Waals surface area contributed by atoms with E-state index in [-0.39, 0.29) is 5.78 Å². The van der Waals surface area contributed by atoms with E-state index in [2.05, 4.69) is 13.0 Å². The van der Waals surface area contributed by atoms with E-state index in [0.717, 1.165) is 41.6 Å². The smallest absolute Gasteiger partial charge is 0.156 e. The van der Waals surface area contributed by atoms with Crippen LogP contribution in [-0.4, -0.2) is 5.78 Å². The summed E-state index contributed by atoms with van der Waals surface area (Å²) in [5, 5.41) is 1.11. The highest BCUT2D eigenvalue weighted by Crippen LogP contribution is 2.30. The van der Waals surface area contributed by atoms with Gasteiger partial charge >= 0.3 is 0 Å². The van der Waals surface area contributed by atoms with Crippen LogP contribution in [0.5, 0.6) is 0 Å². The average Bonchev–Trinajstić information content (AvgIpc) is 2.63. The summed E-state index contributed by atoms with van der Waals surface area (Å²) in [5.41, 5.74) is 3.17. The molecular weight excluding hydrogens is 224 g/mol. The summed E-state index contributed by atoms with van der Waals surface area (Å²) in [5.74, 6) is 1.07. The zero-order valence-corrected chi connectivity index (χ0v) is 10.5. The minimum absolute atomic E-state index is 0.221. The molecule has 1 aromatic heterocycles. The molecule has 0 N–H and O–H groups in total. The van der Waals surface area contributed by atoms with Gasteiger partial charge in [-0.25, -0.2) is 0 Å². The third-order valence-corrected chi connectivity index (χ3v) is 3.44. The highest BCUT2D eigenvalue weighted by molar-refractivity contribution is 5.97. The van der Waals surface area contributed by atoms with Crippen molar-refractivity contribution in [2.45, 2.75) is 32.6 Å². The molecule has 1 heterocycles. The number of fused-ring (bicyclic) bond motifs is 1. The summed E-state index contributed by atoms with van der Waals surface area (Å²) < 4.78 is 5.85. The van der Waals surface area contributed by atoms with Crippen molar-refractivity contribution in [3.05, 3.63) is 41.7 Å². The van der Waals surface area contributed by atoms with Crippen LogP contribution in [0.4, 0.5) is 0 Å². The van der Waals surface area contributed by atoms with Gasteiger partial charge in [0.2, 0.25) is 0 Å². The van der Waals surface area contributed by atoms with Crippen LogP contribution in [0, 0.1) is 6.92 Å². The van der Waals surface area contributed by atoms with E-state index in [4.69, 9.17) is 4.42 Å². The molecule has 2 nitrogen and oxygen atoms in total. The molecule has 0 unspecified atom stereocenters. The molecule has 0 radical (unpaired) electrons. The van der Waals surface area contributed by atoms with Crippen molar-refractivity contribution in [2.75, 3.05) is 0 Å². The number of ketones is 1. The lowest BCUT2D eigenvalue weighted by atomic mass is 10.1. The third kappa shape index (κ3) is 2.10. The first kappa shape index (κ1) is 11.3. The Hall–Kier alpha value is -1.83. The number of furan rings is 1. The maximum Gasteiger partial charge on any atom is 0.156 e. The summed E-state index contributed by atoms with van der Waals surface area (Å²) in [7, 11) is 0. The summed E-state index contributed by atoms with van der Waals surface area (Å²) in [6.07, 6.45) is 5.41. The zero-order chi connectivity index (χ0) is 12.5. The minimum atomic E-state index is 0.221. The molecule has 0 bridgehead atoms. The first-order chi connectivity index (χ1) is 8.72. The van der Waals surface area contributed by atoms with E-state index in [1.54, 1.807) is 6.08 Å². The fraction of sp³-hybridized carbons (Fsp3) is 0.312. The van der Waals surface area contributed by atoms with E-state index >= 15 is 0 Å². The SMILES string of the molecule is Cc1ccc2oc(C3=CC(=O)CCCC3)cc2c1. The monoisotopic (exact) mass is 240 g/mol. The maximum absolute atomic E-state index is 11.6. The molecule has 0 aliphatic heterocycles. The van der Waals surface area contributed by atoms with Gasteiger partial charge < -0.3 is 4.42 Å². The van der Waals surface area contributed by atoms with E-state index in [1.165, 1.54) is 5.56 Å². The first-order valence-corrected chi connectivity index (χ1v) is 6.46. The van der Waals surface area contributed by atoms with Gasteiger partial charge in [0.05, 0.1) is 0 Å². The van der Waals surface area contributed by atoms with Gasteiger partial charge in [-0.1, -0.05) is 11.6 Å². The summed E-state index contributed by atoms with van der Waals surface area (Å²) in [4.78, 5) is 11.6. The fourth-order valence-corrected chi connectivity index (χ4v) is 2.47. The van der Waals surface area contributed by atoms with Crippen molar-refractivity contribution in [3.63, 3.8) is 0 Å². The third-order valence-electron chi connectivity index (χ3n) is 3.44. The van der Waals surface area contributed by atoms with Gasteiger partial charge in [-0.3, -0.25) is 4.79 Å². The number of carbonyl (C=O) groups excluding carboxylic acids is 1. The van der Waals surface area contributed by atoms with E-state index in [9.17, 15) is 4.79 Å². The molecule has 1 aromatic carbocycles. The Kier molecular flexibility index (Phi) is 2.78. The van der Waals surface area contributed by atoms with Crippen LogP contribution < -0.4 is 0 Å². The average molecular weight is 240 g/mol. The molecular formula is C16H16O2. The van der Waals surface area contributed by atoms with Crippen molar-refractivity contribution in [1.29, 1.82) is 0 Å². The lowest BCUT2D eigenvalue weighted by Gasteiger charge is -1.99. The molecule has 3 rings (SSSR count). The molecule has 0 spiro atoms. The number of benzene rings is 1. The van der Waals surface area contributed by atoms with E-state index in [1.807, 2.05) is 18.2 Å². The van der Waals surface area contributed by atoms with Crippen LogP contribution in [0.3, 0.4) is 0 Å². The van der Waals surface area contributed by atoms with Crippen LogP contribution in [0.15, 0.2) is 34.8 Å². The van der Waals surface area contributed by atoms with Crippen molar-refractivity contribution < 1.29 is 9.21 Å². The Morgan fingerprint density at radius 3 is 2.83 bits per heavy atom. The molecule has 0 amide bonds. The second-order valence-electron chi connectivity index (χ2n) is 4.99. The molecule has 18 heavy (non-hydrogen) atoms. The number of hydrogen-bond acceptors (Lipinski definition) is 2.